The molecule has 0 bridgehead atoms. The van der Waals surface area contributed by atoms with Crippen LogP contribution >= 0.6 is 28.3 Å². The molecule has 0 atom stereocenters. The number of nitrogens with zero attached hydrogens (tertiary/aromatic N) is 1. The molecule has 2 aromatic carbocycles. The SMILES string of the molecule is CCOC(=O)c1nc2c(Br)cc(F)cc2c(=O)[nH]1.Cl.NCc1ccc2c(c1)NC(=O)CO2. The number of carbonyl (C=O) groups excluding carboxylic acids is 2. The zero-order valence-corrected chi connectivity index (χ0v) is 19.1. The fourth-order valence-corrected chi connectivity index (χ4v) is 3.24. The number of nitrogens with two attached hydrogens (primary N) is 1. The van der Waals surface area contributed by atoms with Gasteiger partial charge in [-0.05, 0) is 52.7 Å². The van der Waals surface area contributed by atoms with Gasteiger partial charge in [0.05, 0.1) is 23.2 Å². The molecule has 9 nitrogen and oxygen atoms in total. The molecule has 170 valence electrons. The first-order valence-corrected chi connectivity index (χ1v) is 9.93. The van der Waals surface area contributed by atoms with Crippen LogP contribution in [0.2, 0.25) is 0 Å². The molecule has 1 aliphatic rings. The first-order chi connectivity index (χ1) is 14.8. The fourth-order valence-electron chi connectivity index (χ4n) is 2.72. The van der Waals surface area contributed by atoms with E-state index in [4.69, 9.17) is 15.2 Å². The van der Waals surface area contributed by atoms with Crippen LogP contribution < -0.4 is 21.3 Å². The normalized spacial score (nSPS) is 11.8. The van der Waals surface area contributed by atoms with Crippen molar-refractivity contribution in [1.82, 2.24) is 9.97 Å². The van der Waals surface area contributed by atoms with Crippen LogP contribution in [0.25, 0.3) is 10.9 Å². The molecule has 32 heavy (non-hydrogen) atoms. The minimum Gasteiger partial charge on any atom is -0.482 e. The lowest BCUT2D eigenvalue weighted by Gasteiger charge is -2.18. The van der Waals surface area contributed by atoms with Gasteiger partial charge in [0.15, 0.2) is 6.61 Å². The van der Waals surface area contributed by atoms with E-state index in [-0.39, 0.29) is 48.3 Å². The molecule has 1 aromatic heterocycles. The number of hydrogen-bond acceptors (Lipinski definition) is 7. The lowest BCUT2D eigenvalue weighted by atomic mass is 10.1. The van der Waals surface area contributed by atoms with Crippen LogP contribution in [0, 0.1) is 5.82 Å². The van der Waals surface area contributed by atoms with Gasteiger partial charge >= 0.3 is 5.97 Å². The summed E-state index contributed by atoms with van der Waals surface area (Å²) < 4.78 is 23.4. The smallest absolute Gasteiger partial charge is 0.374 e. The molecule has 4 rings (SSSR count). The van der Waals surface area contributed by atoms with Crippen LogP contribution in [0.3, 0.4) is 0 Å². The van der Waals surface area contributed by atoms with Crippen LogP contribution in [0.1, 0.15) is 23.1 Å². The van der Waals surface area contributed by atoms with Gasteiger partial charge in [-0.1, -0.05) is 6.07 Å². The van der Waals surface area contributed by atoms with Crippen molar-refractivity contribution in [1.29, 1.82) is 0 Å². The second-order valence-corrected chi connectivity index (χ2v) is 7.14. The van der Waals surface area contributed by atoms with E-state index in [1.54, 1.807) is 6.92 Å². The van der Waals surface area contributed by atoms with E-state index in [9.17, 15) is 18.8 Å². The predicted octanol–water partition coefficient (Wildman–Crippen LogP) is 2.90. The van der Waals surface area contributed by atoms with Crippen LogP contribution in [0.5, 0.6) is 5.75 Å². The van der Waals surface area contributed by atoms with Gasteiger partial charge in [0, 0.05) is 11.0 Å². The number of aromatic nitrogens is 2. The molecular formula is C20H19BrClFN4O5. The molecule has 0 saturated heterocycles. The van der Waals surface area contributed by atoms with Crippen molar-refractivity contribution in [2.75, 3.05) is 18.5 Å². The minimum absolute atomic E-state index is 0. The van der Waals surface area contributed by atoms with E-state index < -0.39 is 17.3 Å². The molecule has 0 unspecified atom stereocenters. The van der Waals surface area contributed by atoms with Crippen molar-refractivity contribution in [2.45, 2.75) is 13.5 Å². The first-order valence-electron chi connectivity index (χ1n) is 9.14. The Morgan fingerprint density at radius 3 is 2.75 bits per heavy atom. The van der Waals surface area contributed by atoms with Crippen molar-refractivity contribution in [3.8, 4) is 5.75 Å². The molecule has 0 radical (unpaired) electrons. The Bertz CT molecular complexity index is 1220. The molecular weight excluding hydrogens is 511 g/mol. The average molecular weight is 530 g/mol. The summed E-state index contributed by atoms with van der Waals surface area (Å²) in [7, 11) is 0. The van der Waals surface area contributed by atoms with Crippen molar-refractivity contribution >= 4 is 56.8 Å². The van der Waals surface area contributed by atoms with E-state index in [0.717, 1.165) is 11.6 Å². The highest BCUT2D eigenvalue weighted by atomic mass is 79.9. The topological polar surface area (TPSA) is 136 Å². The van der Waals surface area contributed by atoms with E-state index in [2.05, 4.69) is 31.2 Å². The largest absolute Gasteiger partial charge is 0.482 e. The Balaban J connectivity index is 0.000000230. The molecule has 0 fully saturated rings. The number of H-pyrrole nitrogens is 1. The van der Waals surface area contributed by atoms with Gasteiger partial charge in [0.2, 0.25) is 5.82 Å². The summed E-state index contributed by atoms with van der Waals surface area (Å²) in [4.78, 5) is 40.4. The number of fused-ring (bicyclic) bond motifs is 2. The monoisotopic (exact) mass is 528 g/mol. The fraction of sp³-hybridized carbons (Fsp3) is 0.200. The predicted molar refractivity (Wildman–Crippen MR) is 122 cm³/mol. The number of ether oxygens (including phenoxy) is 2. The number of amides is 1. The number of aromatic amines is 1. The van der Waals surface area contributed by atoms with Crippen LogP contribution in [0.15, 0.2) is 39.6 Å². The molecule has 4 N–H and O–H groups in total. The van der Waals surface area contributed by atoms with Gasteiger partial charge in [-0.15, -0.1) is 12.4 Å². The average Bonchev–Trinajstić information content (AvgIpc) is 2.74. The number of esters is 1. The molecule has 0 spiro atoms. The second kappa shape index (κ2) is 11.0. The van der Waals surface area contributed by atoms with Crippen molar-refractivity contribution < 1.29 is 23.5 Å². The highest BCUT2D eigenvalue weighted by Gasteiger charge is 2.16. The number of halogens is 3. The maximum Gasteiger partial charge on any atom is 0.374 e. The number of carbonyl (C=O) groups is 2. The third kappa shape index (κ3) is 5.81. The summed E-state index contributed by atoms with van der Waals surface area (Å²) >= 11 is 3.10. The van der Waals surface area contributed by atoms with Gasteiger partial charge in [-0.3, -0.25) is 9.59 Å². The standard InChI is InChI=1S/C11H8BrFN2O3.C9H10N2O2.ClH/c1-2-18-11(17)9-14-8-6(10(16)15-9)3-5(13)4-7(8)12;10-4-6-1-2-8-7(3-6)11-9(12)5-13-8;/h3-4H,2H2,1H3,(H,14,15,16);1-3H,4-5,10H2,(H,11,12);1H. The highest BCUT2D eigenvalue weighted by molar-refractivity contribution is 9.10. The Morgan fingerprint density at radius 2 is 2.06 bits per heavy atom. The van der Waals surface area contributed by atoms with Crippen molar-refractivity contribution in [3.05, 3.63) is 62.4 Å². The minimum atomic E-state index is -0.729. The zero-order chi connectivity index (χ0) is 22.5. The molecule has 1 amide bonds. The molecule has 0 saturated carbocycles. The maximum atomic E-state index is 13.2. The van der Waals surface area contributed by atoms with E-state index >= 15 is 0 Å². The van der Waals surface area contributed by atoms with Crippen LogP contribution in [0.4, 0.5) is 10.1 Å². The quantitative estimate of drug-likeness (QED) is 0.444. The van der Waals surface area contributed by atoms with E-state index in [1.165, 1.54) is 6.07 Å². The maximum absolute atomic E-state index is 13.2. The molecule has 12 heteroatoms. The van der Waals surface area contributed by atoms with Gasteiger partial charge < -0.3 is 25.5 Å². The van der Waals surface area contributed by atoms with Gasteiger partial charge in [-0.25, -0.2) is 14.2 Å². The number of rotatable bonds is 3. The summed E-state index contributed by atoms with van der Waals surface area (Å²) in [5, 5.41) is 2.78. The summed E-state index contributed by atoms with van der Waals surface area (Å²) in [6, 6.07) is 7.75. The summed E-state index contributed by atoms with van der Waals surface area (Å²) in [5.74, 6) is -0.918. The Hall–Kier alpha value is -3.02. The summed E-state index contributed by atoms with van der Waals surface area (Å²) in [5.41, 5.74) is 6.77. The Kier molecular flexibility index (Phi) is 8.70. The lowest BCUT2D eigenvalue weighted by Crippen LogP contribution is -2.25. The number of benzene rings is 2. The number of anilines is 1. The van der Waals surface area contributed by atoms with Crippen LogP contribution in [-0.4, -0.2) is 35.1 Å². The molecule has 1 aliphatic heterocycles. The lowest BCUT2D eigenvalue weighted by molar-refractivity contribution is -0.118. The van der Waals surface area contributed by atoms with Crippen molar-refractivity contribution in [2.24, 2.45) is 5.73 Å². The Labute approximate surface area is 196 Å². The summed E-state index contributed by atoms with van der Waals surface area (Å²) in [6.07, 6.45) is 0. The van der Waals surface area contributed by atoms with Gasteiger partial charge in [0.1, 0.15) is 11.6 Å². The summed E-state index contributed by atoms with van der Waals surface area (Å²) in [6.45, 7) is 2.37. The third-order valence-corrected chi connectivity index (χ3v) is 4.71. The number of nitrogens with one attached hydrogen (secondary N) is 2. The Morgan fingerprint density at radius 1 is 1.31 bits per heavy atom. The van der Waals surface area contributed by atoms with Crippen LogP contribution in [-0.2, 0) is 16.1 Å². The zero-order valence-electron chi connectivity index (χ0n) is 16.7. The molecule has 2 heterocycles. The van der Waals surface area contributed by atoms with Gasteiger partial charge in [-0.2, -0.15) is 0 Å². The molecule has 0 aliphatic carbocycles. The molecule has 3 aromatic rings. The third-order valence-electron chi connectivity index (χ3n) is 4.11. The second-order valence-electron chi connectivity index (χ2n) is 6.29. The van der Waals surface area contributed by atoms with Gasteiger partial charge in [0.25, 0.3) is 11.5 Å². The van der Waals surface area contributed by atoms with Crippen molar-refractivity contribution in [3.63, 3.8) is 0 Å². The van der Waals surface area contributed by atoms with E-state index in [0.29, 0.717) is 22.5 Å². The highest BCUT2D eigenvalue weighted by Crippen LogP contribution is 2.28. The number of hydrogen-bond donors (Lipinski definition) is 3. The first kappa shape index (κ1) is 25.2. The van der Waals surface area contributed by atoms with E-state index in [1.807, 2.05) is 18.2 Å².